The topological polar surface area (TPSA) is 12.9 Å². The van der Waals surface area contributed by atoms with Crippen molar-refractivity contribution in [3.63, 3.8) is 0 Å². The van der Waals surface area contributed by atoms with Crippen LogP contribution in [-0.4, -0.2) is 4.98 Å². The lowest BCUT2D eigenvalue weighted by atomic mass is 9.84. The molecule has 0 bridgehead atoms. The number of hydrogen-bond acceptors (Lipinski definition) is 1. The maximum absolute atomic E-state index is 4.80. The predicted molar refractivity (Wildman–Crippen MR) is 68.7 cm³/mol. The van der Waals surface area contributed by atoms with E-state index < -0.39 is 0 Å². The lowest BCUT2D eigenvalue weighted by Crippen LogP contribution is -2.16. The molecule has 1 heteroatoms. The van der Waals surface area contributed by atoms with Crippen LogP contribution in [0.4, 0.5) is 0 Å². The highest BCUT2D eigenvalue weighted by atomic mass is 14.7. The quantitative estimate of drug-likeness (QED) is 0.744. The molecular formula is C15H23N. The van der Waals surface area contributed by atoms with E-state index in [1.165, 1.54) is 55.5 Å². The fraction of sp³-hybridized carbons (Fsp3) is 0.667. The maximum atomic E-state index is 4.80. The summed E-state index contributed by atoms with van der Waals surface area (Å²) in [5.74, 6) is 0.913. The Morgan fingerprint density at radius 3 is 2.88 bits per heavy atom. The van der Waals surface area contributed by atoms with Crippen LogP contribution in [0.25, 0.3) is 0 Å². The van der Waals surface area contributed by atoms with Gasteiger partial charge in [-0.15, -0.1) is 0 Å². The minimum Gasteiger partial charge on any atom is -0.258 e. The summed E-state index contributed by atoms with van der Waals surface area (Å²) in [6.07, 6.45) is 8.86. The van der Waals surface area contributed by atoms with Gasteiger partial charge < -0.3 is 0 Å². The van der Waals surface area contributed by atoms with Crippen molar-refractivity contribution in [2.45, 2.75) is 58.8 Å². The second kappa shape index (κ2) is 5.47. The average Bonchev–Trinajstić information content (AvgIpc) is 2.30. The molecule has 0 aromatic carbocycles. The molecule has 16 heavy (non-hydrogen) atoms. The Bertz CT molecular complexity index is 343. The number of pyridine rings is 1. The van der Waals surface area contributed by atoms with E-state index in [1.54, 1.807) is 0 Å². The summed E-state index contributed by atoms with van der Waals surface area (Å²) < 4.78 is 0. The first kappa shape index (κ1) is 11.6. The van der Waals surface area contributed by atoms with Gasteiger partial charge >= 0.3 is 0 Å². The van der Waals surface area contributed by atoms with Crippen LogP contribution in [0.2, 0.25) is 0 Å². The van der Waals surface area contributed by atoms with Crippen molar-refractivity contribution in [1.82, 2.24) is 4.98 Å². The molecule has 0 spiro atoms. The van der Waals surface area contributed by atoms with Gasteiger partial charge in [0.05, 0.1) is 0 Å². The zero-order chi connectivity index (χ0) is 11.4. The van der Waals surface area contributed by atoms with Gasteiger partial charge in [0, 0.05) is 11.4 Å². The molecule has 0 amide bonds. The van der Waals surface area contributed by atoms with Crippen LogP contribution in [0, 0.1) is 5.92 Å². The smallest absolute Gasteiger partial charge is 0.0439 e. The summed E-state index contributed by atoms with van der Waals surface area (Å²) in [5, 5.41) is 0. The largest absolute Gasteiger partial charge is 0.258 e. The summed E-state index contributed by atoms with van der Waals surface area (Å²) >= 11 is 0. The molecular weight excluding hydrogens is 194 g/mol. The molecule has 1 aromatic rings. The molecule has 0 N–H and O–H groups in total. The monoisotopic (exact) mass is 217 g/mol. The predicted octanol–water partition coefficient (Wildman–Crippen LogP) is 3.94. The Balaban J connectivity index is 2.09. The molecule has 1 unspecified atom stereocenters. The second-order valence-corrected chi connectivity index (χ2v) is 5.06. The SMILES string of the molecule is CCCc1ccc2c(n1)CCC(CCC)C2. The first-order valence-electron chi connectivity index (χ1n) is 6.81. The fourth-order valence-corrected chi connectivity index (χ4v) is 2.78. The van der Waals surface area contributed by atoms with Gasteiger partial charge in [0.25, 0.3) is 0 Å². The van der Waals surface area contributed by atoms with Crippen LogP contribution in [0.5, 0.6) is 0 Å². The average molecular weight is 217 g/mol. The van der Waals surface area contributed by atoms with Gasteiger partial charge in [0.2, 0.25) is 0 Å². The third kappa shape index (κ3) is 2.63. The normalized spacial score (nSPS) is 19.5. The summed E-state index contributed by atoms with van der Waals surface area (Å²) in [6, 6.07) is 4.56. The molecule has 2 rings (SSSR count). The third-order valence-corrected chi connectivity index (χ3v) is 3.63. The van der Waals surface area contributed by atoms with Crippen LogP contribution in [0.1, 0.15) is 56.5 Å². The highest BCUT2D eigenvalue weighted by Crippen LogP contribution is 2.27. The third-order valence-electron chi connectivity index (χ3n) is 3.63. The number of fused-ring (bicyclic) bond motifs is 1. The Labute approximate surface area is 99.3 Å². The van der Waals surface area contributed by atoms with Crippen molar-refractivity contribution in [1.29, 1.82) is 0 Å². The first-order valence-corrected chi connectivity index (χ1v) is 6.81. The van der Waals surface area contributed by atoms with E-state index in [9.17, 15) is 0 Å². The number of nitrogens with zero attached hydrogens (tertiary/aromatic N) is 1. The minimum atomic E-state index is 0.913. The van der Waals surface area contributed by atoms with E-state index in [1.807, 2.05) is 0 Å². The molecule has 0 aliphatic heterocycles. The zero-order valence-corrected chi connectivity index (χ0v) is 10.6. The van der Waals surface area contributed by atoms with Crippen molar-refractivity contribution in [3.8, 4) is 0 Å². The standard InChI is InChI=1S/C15H23N/c1-3-5-12-7-10-15-13(11-12)8-9-14(16-15)6-4-2/h8-9,12H,3-7,10-11H2,1-2H3. The second-order valence-electron chi connectivity index (χ2n) is 5.06. The molecule has 0 saturated heterocycles. The first-order chi connectivity index (χ1) is 7.83. The molecule has 1 nitrogen and oxygen atoms in total. The van der Waals surface area contributed by atoms with Gasteiger partial charge in [-0.3, -0.25) is 4.98 Å². The lowest BCUT2D eigenvalue weighted by Gasteiger charge is -2.23. The molecule has 1 heterocycles. The number of rotatable bonds is 4. The van der Waals surface area contributed by atoms with Crippen molar-refractivity contribution >= 4 is 0 Å². The van der Waals surface area contributed by atoms with Gasteiger partial charge in [-0.1, -0.05) is 39.2 Å². The zero-order valence-electron chi connectivity index (χ0n) is 10.6. The molecule has 88 valence electrons. The van der Waals surface area contributed by atoms with E-state index in [0.717, 1.165) is 12.3 Å². The fourth-order valence-electron chi connectivity index (χ4n) is 2.78. The van der Waals surface area contributed by atoms with Gasteiger partial charge in [0.1, 0.15) is 0 Å². The minimum absolute atomic E-state index is 0.913. The molecule has 1 atom stereocenters. The Kier molecular flexibility index (Phi) is 3.98. The molecule has 0 saturated carbocycles. The van der Waals surface area contributed by atoms with E-state index in [0.29, 0.717) is 0 Å². The van der Waals surface area contributed by atoms with E-state index in [2.05, 4.69) is 26.0 Å². The number of aryl methyl sites for hydroxylation is 2. The summed E-state index contributed by atoms with van der Waals surface area (Å²) in [4.78, 5) is 4.80. The van der Waals surface area contributed by atoms with Crippen LogP contribution in [-0.2, 0) is 19.3 Å². The van der Waals surface area contributed by atoms with Gasteiger partial charge in [0.15, 0.2) is 0 Å². The number of hydrogen-bond donors (Lipinski definition) is 0. The van der Waals surface area contributed by atoms with Crippen molar-refractivity contribution in [3.05, 3.63) is 29.1 Å². The highest BCUT2D eigenvalue weighted by molar-refractivity contribution is 5.26. The summed E-state index contributed by atoms with van der Waals surface area (Å²) in [7, 11) is 0. The van der Waals surface area contributed by atoms with Crippen LogP contribution < -0.4 is 0 Å². The number of aromatic nitrogens is 1. The van der Waals surface area contributed by atoms with Crippen LogP contribution in [0.15, 0.2) is 12.1 Å². The van der Waals surface area contributed by atoms with Crippen LogP contribution in [0.3, 0.4) is 0 Å². The van der Waals surface area contributed by atoms with Crippen molar-refractivity contribution in [2.24, 2.45) is 5.92 Å². The summed E-state index contributed by atoms with van der Waals surface area (Å²) in [5.41, 5.74) is 4.19. The highest BCUT2D eigenvalue weighted by Gasteiger charge is 2.18. The Hall–Kier alpha value is -0.850. The lowest BCUT2D eigenvalue weighted by molar-refractivity contribution is 0.418. The van der Waals surface area contributed by atoms with Gasteiger partial charge in [-0.25, -0.2) is 0 Å². The van der Waals surface area contributed by atoms with Crippen molar-refractivity contribution < 1.29 is 0 Å². The van der Waals surface area contributed by atoms with E-state index >= 15 is 0 Å². The summed E-state index contributed by atoms with van der Waals surface area (Å²) in [6.45, 7) is 4.51. The molecule has 0 radical (unpaired) electrons. The van der Waals surface area contributed by atoms with E-state index in [4.69, 9.17) is 4.98 Å². The van der Waals surface area contributed by atoms with Gasteiger partial charge in [-0.2, -0.15) is 0 Å². The van der Waals surface area contributed by atoms with Crippen LogP contribution >= 0.6 is 0 Å². The van der Waals surface area contributed by atoms with Gasteiger partial charge in [-0.05, 0) is 43.2 Å². The Morgan fingerprint density at radius 2 is 2.12 bits per heavy atom. The molecule has 1 aromatic heterocycles. The molecule has 1 aliphatic rings. The Morgan fingerprint density at radius 1 is 1.25 bits per heavy atom. The molecule has 1 aliphatic carbocycles. The molecule has 0 fully saturated rings. The van der Waals surface area contributed by atoms with E-state index in [-0.39, 0.29) is 0 Å². The van der Waals surface area contributed by atoms with Crippen molar-refractivity contribution in [2.75, 3.05) is 0 Å². The maximum Gasteiger partial charge on any atom is 0.0439 e.